The topological polar surface area (TPSA) is 106 Å². The molecule has 1 fully saturated rings. The summed E-state index contributed by atoms with van der Waals surface area (Å²) in [6.45, 7) is -0.445. The minimum atomic E-state index is -4.52. The molecule has 1 aliphatic heterocycles. The van der Waals surface area contributed by atoms with Crippen molar-refractivity contribution in [3.8, 4) is 11.8 Å². The molecule has 29 heavy (non-hydrogen) atoms. The summed E-state index contributed by atoms with van der Waals surface area (Å²) in [4.78, 5) is 9.72. The van der Waals surface area contributed by atoms with Crippen molar-refractivity contribution < 1.29 is 27.8 Å². The number of aliphatic hydroxyl groups excluding tert-OH is 1. The number of alkyl halides is 3. The molecule has 4 N–H and O–H groups in total. The molecule has 0 radical (unpaired) electrons. The van der Waals surface area contributed by atoms with Gasteiger partial charge in [0.25, 0.3) is 0 Å². The van der Waals surface area contributed by atoms with Crippen LogP contribution in [0.2, 0.25) is 0 Å². The Balaban J connectivity index is 1.82. The third kappa shape index (κ3) is 5.53. The van der Waals surface area contributed by atoms with Crippen LogP contribution in [0.3, 0.4) is 0 Å². The summed E-state index contributed by atoms with van der Waals surface area (Å²) < 4.78 is 47.4. The molecule has 1 unspecified atom stereocenters. The maximum atomic E-state index is 12.5. The molecule has 1 aromatic heterocycles. The Kier molecular flexibility index (Phi) is 6.16. The molecule has 11 heteroatoms. The summed E-state index contributed by atoms with van der Waals surface area (Å²) in [7, 11) is 1.56. The van der Waals surface area contributed by atoms with Gasteiger partial charge in [-0.2, -0.15) is 23.1 Å². The minimum Gasteiger partial charge on any atom is -0.497 e. The van der Waals surface area contributed by atoms with E-state index in [1.54, 1.807) is 24.1 Å². The second kappa shape index (κ2) is 8.60. The first kappa shape index (κ1) is 20.8. The van der Waals surface area contributed by atoms with Gasteiger partial charge in [-0.1, -0.05) is 12.1 Å². The zero-order chi connectivity index (χ0) is 21.0. The average Bonchev–Trinajstić information content (AvgIpc) is 3.12. The molecule has 0 spiro atoms. The van der Waals surface area contributed by atoms with E-state index in [-0.39, 0.29) is 23.9 Å². The van der Waals surface area contributed by atoms with Gasteiger partial charge in [0.05, 0.1) is 13.2 Å². The molecule has 1 aliphatic rings. The van der Waals surface area contributed by atoms with Crippen molar-refractivity contribution in [1.82, 2.24) is 9.97 Å². The number of nitrogens with zero attached hydrogens (tertiary/aromatic N) is 3. The van der Waals surface area contributed by atoms with Crippen LogP contribution < -0.4 is 25.4 Å². The number of benzene rings is 1. The molecule has 0 saturated carbocycles. The van der Waals surface area contributed by atoms with Crippen molar-refractivity contribution in [3.05, 3.63) is 29.8 Å². The summed E-state index contributed by atoms with van der Waals surface area (Å²) in [5.41, 5.74) is 7.22. The van der Waals surface area contributed by atoms with Gasteiger partial charge in [0.15, 0.2) is 18.2 Å². The number of ether oxygens (including phenoxy) is 2. The Morgan fingerprint density at radius 3 is 2.59 bits per heavy atom. The maximum Gasteiger partial charge on any atom is 0.422 e. The largest absolute Gasteiger partial charge is 0.497 e. The van der Waals surface area contributed by atoms with Crippen LogP contribution in [-0.4, -0.2) is 54.2 Å². The summed E-state index contributed by atoms with van der Waals surface area (Å²) >= 11 is 0. The van der Waals surface area contributed by atoms with E-state index >= 15 is 0 Å². The highest BCUT2D eigenvalue weighted by molar-refractivity contribution is 5.76. The van der Waals surface area contributed by atoms with Crippen molar-refractivity contribution in [2.24, 2.45) is 0 Å². The molecule has 1 atom stereocenters. The zero-order valence-corrected chi connectivity index (χ0v) is 15.7. The highest BCUT2D eigenvalue weighted by atomic mass is 19.4. The number of anilines is 3. The van der Waals surface area contributed by atoms with Gasteiger partial charge in [0.1, 0.15) is 11.4 Å². The van der Waals surface area contributed by atoms with Crippen LogP contribution >= 0.6 is 0 Å². The van der Waals surface area contributed by atoms with Crippen molar-refractivity contribution >= 4 is 17.3 Å². The first-order valence-corrected chi connectivity index (χ1v) is 8.92. The van der Waals surface area contributed by atoms with Gasteiger partial charge in [-0.3, -0.25) is 0 Å². The molecule has 0 amide bonds. The van der Waals surface area contributed by atoms with Crippen molar-refractivity contribution in [2.45, 2.75) is 25.2 Å². The Bertz CT molecular complexity index is 833. The molecular formula is C18H22F3N5O3. The lowest BCUT2D eigenvalue weighted by Gasteiger charge is -2.21. The van der Waals surface area contributed by atoms with Gasteiger partial charge in [0, 0.05) is 19.6 Å². The number of hydrogen-bond acceptors (Lipinski definition) is 8. The standard InChI is InChI=1S/C18H22F3N5O3/c1-28-13-4-2-11(3-5-13)8-23-15-14(22)16(26-7-6-12(27)9-26)25-17(24-15)29-10-18(19,20)21/h2-5,12,27H,6-10,22H2,1H3,(H,23,24,25). The van der Waals surface area contributed by atoms with Crippen LogP contribution in [0.1, 0.15) is 12.0 Å². The Hall–Kier alpha value is -2.95. The van der Waals surface area contributed by atoms with Crippen LogP contribution in [0.25, 0.3) is 0 Å². The van der Waals surface area contributed by atoms with Gasteiger partial charge < -0.3 is 30.5 Å². The van der Waals surface area contributed by atoms with Crippen LogP contribution in [0.15, 0.2) is 24.3 Å². The second-order valence-corrected chi connectivity index (χ2v) is 6.59. The molecule has 2 heterocycles. The fourth-order valence-electron chi connectivity index (χ4n) is 2.89. The first-order chi connectivity index (χ1) is 13.7. The SMILES string of the molecule is COc1ccc(CNc2nc(OCC(F)(F)F)nc(N3CCC(O)C3)c2N)cc1. The Morgan fingerprint density at radius 1 is 1.28 bits per heavy atom. The van der Waals surface area contributed by atoms with Gasteiger partial charge in [0.2, 0.25) is 0 Å². The Labute approximate surface area is 165 Å². The van der Waals surface area contributed by atoms with Gasteiger partial charge >= 0.3 is 12.2 Å². The zero-order valence-electron chi connectivity index (χ0n) is 15.7. The average molecular weight is 413 g/mol. The van der Waals surface area contributed by atoms with E-state index in [9.17, 15) is 18.3 Å². The second-order valence-electron chi connectivity index (χ2n) is 6.59. The summed E-state index contributed by atoms with van der Waals surface area (Å²) in [5.74, 6) is 1.09. The number of rotatable bonds is 7. The van der Waals surface area contributed by atoms with E-state index in [4.69, 9.17) is 15.2 Å². The number of methoxy groups -OCH3 is 1. The number of aromatic nitrogens is 2. The van der Waals surface area contributed by atoms with Crippen LogP contribution in [-0.2, 0) is 6.54 Å². The molecule has 3 rings (SSSR count). The molecule has 1 aromatic carbocycles. The van der Waals surface area contributed by atoms with Crippen LogP contribution in [0, 0.1) is 0 Å². The number of nitrogens with two attached hydrogens (primary N) is 1. The lowest BCUT2D eigenvalue weighted by Crippen LogP contribution is -2.25. The molecule has 8 nitrogen and oxygen atoms in total. The predicted molar refractivity (Wildman–Crippen MR) is 101 cm³/mol. The molecule has 2 aromatic rings. The monoisotopic (exact) mass is 413 g/mol. The number of aliphatic hydroxyl groups is 1. The minimum absolute atomic E-state index is 0.157. The molecular weight excluding hydrogens is 391 g/mol. The van der Waals surface area contributed by atoms with E-state index in [1.807, 2.05) is 12.1 Å². The predicted octanol–water partition coefficient (Wildman–Crippen LogP) is 2.19. The molecule has 0 bridgehead atoms. The lowest BCUT2D eigenvalue weighted by molar-refractivity contribution is -0.154. The summed E-state index contributed by atoms with van der Waals surface area (Å²) in [6, 6.07) is 6.80. The van der Waals surface area contributed by atoms with Crippen molar-refractivity contribution in [1.29, 1.82) is 0 Å². The number of hydrogen-bond donors (Lipinski definition) is 3. The third-order valence-electron chi connectivity index (χ3n) is 4.35. The Morgan fingerprint density at radius 2 is 2.00 bits per heavy atom. The lowest BCUT2D eigenvalue weighted by atomic mass is 10.2. The smallest absolute Gasteiger partial charge is 0.422 e. The molecule has 158 valence electrons. The van der Waals surface area contributed by atoms with E-state index in [1.165, 1.54) is 0 Å². The van der Waals surface area contributed by atoms with Crippen LogP contribution in [0.4, 0.5) is 30.5 Å². The van der Waals surface area contributed by atoms with E-state index in [0.717, 1.165) is 5.56 Å². The highest BCUT2D eigenvalue weighted by Gasteiger charge is 2.30. The normalized spacial score (nSPS) is 16.7. The van der Waals surface area contributed by atoms with Gasteiger partial charge in [-0.05, 0) is 24.1 Å². The van der Waals surface area contributed by atoms with E-state index in [0.29, 0.717) is 25.3 Å². The number of nitrogens with one attached hydrogen (secondary N) is 1. The third-order valence-corrected chi connectivity index (χ3v) is 4.35. The van der Waals surface area contributed by atoms with Gasteiger partial charge in [-0.15, -0.1) is 0 Å². The number of halogens is 3. The fourth-order valence-corrected chi connectivity index (χ4v) is 2.89. The van der Waals surface area contributed by atoms with Crippen LogP contribution in [0.5, 0.6) is 11.8 Å². The van der Waals surface area contributed by atoms with Gasteiger partial charge in [-0.25, -0.2) is 0 Å². The summed E-state index contributed by atoms with van der Waals surface area (Å²) in [6.07, 6.45) is -4.57. The molecule has 1 saturated heterocycles. The number of nitrogen functional groups attached to an aromatic ring is 1. The quantitative estimate of drug-likeness (QED) is 0.635. The molecule has 0 aliphatic carbocycles. The summed E-state index contributed by atoms with van der Waals surface area (Å²) in [5, 5.41) is 12.8. The number of β-amino-alcohol motifs (C(OH)–C–C–N with tert-alkyl or cyclic N) is 1. The highest BCUT2D eigenvalue weighted by Crippen LogP contribution is 2.32. The maximum absolute atomic E-state index is 12.5. The van der Waals surface area contributed by atoms with E-state index in [2.05, 4.69) is 15.3 Å². The van der Waals surface area contributed by atoms with Crippen molar-refractivity contribution in [3.63, 3.8) is 0 Å². The van der Waals surface area contributed by atoms with Crippen molar-refractivity contribution in [2.75, 3.05) is 42.8 Å². The fraction of sp³-hybridized carbons (Fsp3) is 0.444. The van der Waals surface area contributed by atoms with E-state index < -0.39 is 24.9 Å². The first-order valence-electron chi connectivity index (χ1n) is 8.92.